The summed E-state index contributed by atoms with van der Waals surface area (Å²) in [6.07, 6.45) is 0. The molecule has 0 radical (unpaired) electrons. The molecule has 0 aliphatic rings. The number of amides is 1. The van der Waals surface area contributed by atoms with E-state index < -0.39 is 10.0 Å². The van der Waals surface area contributed by atoms with Gasteiger partial charge in [0.15, 0.2) is 0 Å². The molecule has 0 aromatic heterocycles. The molecule has 6 heteroatoms. The van der Waals surface area contributed by atoms with Crippen LogP contribution in [0.3, 0.4) is 0 Å². The molecule has 0 fully saturated rings. The third-order valence-corrected chi connectivity index (χ3v) is 4.98. The molecule has 5 nitrogen and oxygen atoms in total. The van der Waals surface area contributed by atoms with Gasteiger partial charge in [-0.1, -0.05) is 35.9 Å². The number of carbonyl (C=O) groups is 1. The van der Waals surface area contributed by atoms with E-state index in [9.17, 15) is 13.2 Å². The minimum Gasteiger partial charge on any atom is -0.355 e. The topological polar surface area (TPSA) is 75.3 Å². The summed E-state index contributed by atoms with van der Waals surface area (Å²) in [7, 11) is -2.17. The molecule has 0 aliphatic carbocycles. The van der Waals surface area contributed by atoms with Crippen LogP contribution in [0, 0.1) is 13.8 Å². The standard InChI is InChI=1S/C17H20N2O3S/c1-12-4-7-14(8-5-12)11-19-23(21,22)15-9-6-13(2)16(10-15)17(20)18-3/h4-10,19H,11H2,1-3H3,(H,18,20). The first-order valence-electron chi connectivity index (χ1n) is 7.21. The fourth-order valence-corrected chi connectivity index (χ4v) is 3.16. The quantitative estimate of drug-likeness (QED) is 0.881. The Bertz CT molecular complexity index is 812. The van der Waals surface area contributed by atoms with Gasteiger partial charge in [0.2, 0.25) is 10.0 Å². The summed E-state index contributed by atoms with van der Waals surface area (Å²) in [6, 6.07) is 12.1. The van der Waals surface area contributed by atoms with E-state index in [1.165, 1.54) is 19.2 Å². The highest BCUT2D eigenvalue weighted by Gasteiger charge is 2.17. The molecule has 122 valence electrons. The van der Waals surface area contributed by atoms with E-state index in [4.69, 9.17) is 0 Å². The van der Waals surface area contributed by atoms with Crippen LogP contribution in [0.15, 0.2) is 47.4 Å². The predicted molar refractivity (Wildman–Crippen MR) is 89.8 cm³/mol. The highest BCUT2D eigenvalue weighted by atomic mass is 32.2. The van der Waals surface area contributed by atoms with Crippen molar-refractivity contribution in [1.29, 1.82) is 0 Å². The lowest BCUT2D eigenvalue weighted by molar-refractivity contribution is 0.0962. The number of aryl methyl sites for hydroxylation is 2. The summed E-state index contributed by atoms with van der Waals surface area (Å²) in [5.74, 6) is -0.307. The molecule has 2 aromatic rings. The van der Waals surface area contributed by atoms with Crippen LogP contribution in [-0.2, 0) is 16.6 Å². The van der Waals surface area contributed by atoms with E-state index in [2.05, 4.69) is 10.0 Å². The molecular weight excluding hydrogens is 312 g/mol. The number of rotatable bonds is 5. The van der Waals surface area contributed by atoms with Crippen molar-refractivity contribution in [2.75, 3.05) is 7.05 Å². The highest BCUT2D eigenvalue weighted by molar-refractivity contribution is 7.89. The summed E-state index contributed by atoms with van der Waals surface area (Å²) >= 11 is 0. The molecule has 2 rings (SSSR count). The van der Waals surface area contributed by atoms with E-state index in [0.717, 1.165) is 16.7 Å². The van der Waals surface area contributed by atoms with Gasteiger partial charge in [-0.05, 0) is 37.1 Å². The molecule has 23 heavy (non-hydrogen) atoms. The molecular formula is C17H20N2O3S. The molecule has 0 aliphatic heterocycles. The highest BCUT2D eigenvalue weighted by Crippen LogP contribution is 2.16. The molecule has 0 saturated heterocycles. The summed E-state index contributed by atoms with van der Waals surface area (Å²) in [4.78, 5) is 11.9. The van der Waals surface area contributed by atoms with Crippen molar-refractivity contribution in [3.63, 3.8) is 0 Å². The molecule has 2 N–H and O–H groups in total. The van der Waals surface area contributed by atoms with Gasteiger partial charge in [0, 0.05) is 19.2 Å². The number of sulfonamides is 1. The summed E-state index contributed by atoms with van der Waals surface area (Å²) in [5, 5.41) is 2.51. The van der Waals surface area contributed by atoms with Crippen LogP contribution in [0.1, 0.15) is 27.0 Å². The zero-order valence-electron chi connectivity index (χ0n) is 13.4. The Morgan fingerprint density at radius 2 is 1.70 bits per heavy atom. The van der Waals surface area contributed by atoms with Crippen molar-refractivity contribution in [3.8, 4) is 0 Å². The lowest BCUT2D eigenvalue weighted by atomic mass is 10.1. The Labute approximate surface area is 136 Å². The summed E-state index contributed by atoms with van der Waals surface area (Å²) in [5.41, 5.74) is 3.07. The Morgan fingerprint density at radius 1 is 1.04 bits per heavy atom. The van der Waals surface area contributed by atoms with Gasteiger partial charge in [-0.25, -0.2) is 13.1 Å². The van der Waals surface area contributed by atoms with Crippen LogP contribution >= 0.6 is 0 Å². The van der Waals surface area contributed by atoms with Gasteiger partial charge in [-0.2, -0.15) is 0 Å². The van der Waals surface area contributed by atoms with Crippen molar-refractivity contribution >= 4 is 15.9 Å². The Morgan fingerprint density at radius 3 is 2.30 bits per heavy atom. The van der Waals surface area contributed by atoms with Crippen molar-refractivity contribution in [2.24, 2.45) is 0 Å². The van der Waals surface area contributed by atoms with E-state index in [-0.39, 0.29) is 17.3 Å². The average molecular weight is 332 g/mol. The maximum atomic E-state index is 12.4. The van der Waals surface area contributed by atoms with Gasteiger partial charge < -0.3 is 5.32 Å². The summed E-state index contributed by atoms with van der Waals surface area (Å²) in [6.45, 7) is 3.94. The fraction of sp³-hybridized carbons (Fsp3) is 0.235. The average Bonchev–Trinajstić information content (AvgIpc) is 2.54. The number of hydrogen-bond acceptors (Lipinski definition) is 3. The van der Waals surface area contributed by atoms with Crippen LogP contribution < -0.4 is 10.0 Å². The van der Waals surface area contributed by atoms with Gasteiger partial charge in [0.25, 0.3) is 5.91 Å². The Hall–Kier alpha value is -2.18. The molecule has 0 bridgehead atoms. The van der Waals surface area contributed by atoms with Crippen molar-refractivity contribution in [3.05, 3.63) is 64.7 Å². The molecule has 0 heterocycles. The second kappa shape index (κ2) is 6.93. The lowest BCUT2D eigenvalue weighted by Crippen LogP contribution is -2.24. The first kappa shape index (κ1) is 17.2. The maximum absolute atomic E-state index is 12.4. The van der Waals surface area contributed by atoms with Gasteiger partial charge in [-0.3, -0.25) is 4.79 Å². The zero-order valence-corrected chi connectivity index (χ0v) is 14.2. The Kier molecular flexibility index (Phi) is 5.18. The van der Waals surface area contributed by atoms with Crippen molar-refractivity contribution < 1.29 is 13.2 Å². The Balaban J connectivity index is 2.22. The fourth-order valence-electron chi connectivity index (χ4n) is 2.12. The lowest BCUT2D eigenvalue weighted by Gasteiger charge is -2.10. The smallest absolute Gasteiger partial charge is 0.251 e. The van der Waals surface area contributed by atoms with Crippen molar-refractivity contribution in [2.45, 2.75) is 25.3 Å². The third kappa shape index (κ3) is 4.18. The second-order valence-electron chi connectivity index (χ2n) is 5.37. The molecule has 0 atom stereocenters. The van der Waals surface area contributed by atoms with E-state index in [1.54, 1.807) is 13.0 Å². The SMILES string of the molecule is CNC(=O)c1cc(S(=O)(=O)NCc2ccc(C)cc2)ccc1C. The van der Waals surface area contributed by atoms with E-state index in [0.29, 0.717) is 5.56 Å². The van der Waals surface area contributed by atoms with Crippen LogP contribution in [0.5, 0.6) is 0 Å². The minimum absolute atomic E-state index is 0.0776. The number of nitrogens with one attached hydrogen (secondary N) is 2. The first-order valence-corrected chi connectivity index (χ1v) is 8.70. The van der Waals surface area contributed by atoms with Crippen LogP contribution in [0.4, 0.5) is 0 Å². The van der Waals surface area contributed by atoms with Crippen LogP contribution in [-0.4, -0.2) is 21.4 Å². The predicted octanol–water partition coefficient (Wildman–Crippen LogP) is 2.14. The molecule has 0 spiro atoms. The second-order valence-corrected chi connectivity index (χ2v) is 7.13. The van der Waals surface area contributed by atoms with Gasteiger partial charge in [-0.15, -0.1) is 0 Å². The first-order chi connectivity index (χ1) is 10.8. The normalized spacial score (nSPS) is 11.3. The van der Waals surface area contributed by atoms with Crippen LogP contribution in [0.25, 0.3) is 0 Å². The van der Waals surface area contributed by atoms with E-state index >= 15 is 0 Å². The molecule has 2 aromatic carbocycles. The maximum Gasteiger partial charge on any atom is 0.251 e. The van der Waals surface area contributed by atoms with Crippen molar-refractivity contribution in [1.82, 2.24) is 10.0 Å². The zero-order chi connectivity index (χ0) is 17.0. The van der Waals surface area contributed by atoms with Gasteiger partial charge in [0.1, 0.15) is 0 Å². The number of carbonyl (C=O) groups excluding carboxylic acids is 1. The third-order valence-electron chi connectivity index (χ3n) is 3.58. The molecule has 1 amide bonds. The van der Waals surface area contributed by atoms with E-state index in [1.807, 2.05) is 31.2 Å². The summed E-state index contributed by atoms with van der Waals surface area (Å²) < 4.78 is 27.4. The molecule has 0 unspecified atom stereocenters. The monoisotopic (exact) mass is 332 g/mol. The molecule has 0 saturated carbocycles. The minimum atomic E-state index is -3.68. The van der Waals surface area contributed by atoms with Gasteiger partial charge >= 0.3 is 0 Å². The number of benzene rings is 2. The number of hydrogen-bond donors (Lipinski definition) is 2. The van der Waals surface area contributed by atoms with Gasteiger partial charge in [0.05, 0.1) is 4.90 Å². The largest absolute Gasteiger partial charge is 0.355 e. The van der Waals surface area contributed by atoms with Crippen LogP contribution in [0.2, 0.25) is 0 Å².